The molecule has 1 saturated heterocycles. The average Bonchev–Trinajstić information content (AvgIpc) is 2.18. The molecule has 1 rings (SSSR count). The fourth-order valence-corrected chi connectivity index (χ4v) is 1.51. The van der Waals surface area contributed by atoms with E-state index < -0.39 is 0 Å². The van der Waals surface area contributed by atoms with Gasteiger partial charge in [0, 0.05) is 26.2 Å². The van der Waals surface area contributed by atoms with Crippen molar-refractivity contribution in [3.05, 3.63) is 0 Å². The molecule has 0 bridgehead atoms. The minimum absolute atomic E-state index is 0.0885. The van der Waals surface area contributed by atoms with E-state index in [4.69, 9.17) is 10.6 Å². The summed E-state index contributed by atoms with van der Waals surface area (Å²) in [5, 5.41) is 1.27. The molecule has 5 nitrogen and oxygen atoms in total. The van der Waals surface area contributed by atoms with E-state index in [2.05, 4.69) is 13.8 Å². The molecule has 2 N–H and O–H groups in total. The topological polar surface area (TPSA) is 58.8 Å². The Morgan fingerprint density at radius 3 is 2.87 bits per heavy atom. The molecule has 1 fully saturated rings. The molecule has 0 aromatic heterocycles. The molecule has 0 unspecified atom stereocenters. The van der Waals surface area contributed by atoms with Crippen LogP contribution in [0.4, 0.5) is 4.79 Å². The maximum absolute atomic E-state index is 11.5. The first-order chi connectivity index (χ1) is 7.11. The molecule has 0 aromatic rings. The Hall–Kier alpha value is -0.810. The van der Waals surface area contributed by atoms with Crippen molar-refractivity contribution in [2.24, 2.45) is 11.8 Å². The summed E-state index contributed by atoms with van der Waals surface area (Å²) in [6.07, 6.45) is 0.937. The Balaban J connectivity index is 2.17. The molecule has 0 saturated carbocycles. The van der Waals surface area contributed by atoms with Gasteiger partial charge in [-0.1, -0.05) is 13.8 Å². The molecule has 1 aliphatic rings. The summed E-state index contributed by atoms with van der Waals surface area (Å²) < 4.78 is 5.43. The summed E-state index contributed by atoms with van der Waals surface area (Å²) >= 11 is 0. The van der Waals surface area contributed by atoms with Crippen molar-refractivity contribution in [2.75, 3.05) is 32.8 Å². The largest absolute Gasteiger partial charge is 0.379 e. The zero-order valence-electron chi connectivity index (χ0n) is 9.61. The van der Waals surface area contributed by atoms with Gasteiger partial charge in [0.05, 0.1) is 6.61 Å². The number of hydrazine groups is 1. The van der Waals surface area contributed by atoms with E-state index in [0.29, 0.717) is 25.6 Å². The third-order valence-corrected chi connectivity index (χ3v) is 2.30. The van der Waals surface area contributed by atoms with Crippen LogP contribution in [0.2, 0.25) is 0 Å². The van der Waals surface area contributed by atoms with Crippen LogP contribution >= 0.6 is 0 Å². The molecule has 0 spiro atoms. The second kappa shape index (κ2) is 5.92. The Morgan fingerprint density at radius 2 is 2.20 bits per heavy atom. The molecule has 1 aliphatic heterocycles. The molecule has 2 amide bonds. The molecule has 0 radical (unpaired) electrons. The highest BCUT2D eigenvalue weighted by Crippen LogP contribution is 2.04. The van der Waals surface area contributed by atoms with E-state index in [-0.39, 0.29) is 6.03 Å². The zero-order chi connectivity index (χ0) is 11.3. The summed E-state index contributed by atoms with van der Waals surface area (Å²) in [5.41, 5.74) is 0. The minimum atomic E-state index is -0.0885. The maximum atomic E-state index is 11.5. The standard InChI is InChI=1S/C10H21N3O2/c1-9(2)8-15-7-6-12-4-3-5-13(11)10(12)14/h9H,3-8,11H2,1-2H3. The van der Waals surface area contributed by atoms with Crippen LogP contribution in [0.15, 0.2) is 0 Å². The monoisotopic (exact) mass is 215 g/mol. The van der Waals surface area contributed by atoms with Crippen molar-refractivity contribution in [1.29, 1.82) is 0 Å². The lowest BCUT2D eigenvalue weighted by molar-refractivity contribution is 0.0749. The van der Waals surface area contributed by atoms with E-state index in [0.717, 1.165) is 19.6 Å². The van der Waals surface area contributed by atoms with E-state index in [9.17, 15) is 4.79 Å². The van der Waals surface area contributed by atoms with Crippen LogP contribution in [0.5, 0.6) is 0 Å². The smallest absolute Gasteiger partial charge is 0.334 e. The quantitative estimate of drug-likeness (QED) is 0.416. The van der Waals surface area contributed by atoms with E-state index in [1.807, 2.05) is 0 Å². The molecule has 0 aromatic carbocycles. The van der Waals surface area contributed by atoms with E-state index in [1.165, 1.54) is 5.01 Å². The predicted octanol–water partition coefficient (Wildman–Crippen LogP) is 0.660. The van der Waals surface area contributed by atoms with Gasteiger partial charge in [0.25, 0.3) is 0 Å². The molecular weight excluding hydrogens is 194 g/mol. The van der Waals surface area contributed by atoms with E-state index >= 15 is 0 Å². The molecular formula is C10H21N3O2. The lowest BCUT2D eigenvalue weighted by Gasteiger charge is -2.32. The number of urea groups is 1. The van der Waals surface area contributed by atoms with Gasteiger partial charge in [-0.25, -0.2) is 10.6 Å². The number of carbonyl (C=O) groups is 1. The number of hydrogen-bond acceptors (Lipinski definition) is 3. The number of amides is 2. The summed E-state index contributed by atoms with van der Waals surface area (Å²) in [7, 11) is 0. The number of rotatable bonds is 5. The van der Waals surface area contributed by atoms with Gasteiger partial charge < -0.3 is 9.64 Å². The van der Waals surface area contributed by atoms with Gasteiger partial charge in [-0.05, 0) is 12.3 Å². The normalized spacial score (nSPS) is 17.7. The number of hydrogen-bond donors (Lipinski definition) is 1. The third kappa shape index (κ3) is 4.05. The van der Waals surface area contributed by atoms with Gasteiger partial charge in [0.15, 0.2) is 0 Å². The Labute approximate surface area is 91.1 Å². The zero-order valence-corrected chi connectivity index (χ0v) is 9.61. The van der Waals surface area contributed by atoms with Gasteiger partial charge in [-0.15, -0.1) is 0 Å². The second-order valence-electron chi connectivity index (χ2n) is 4.29. The van der Waals surface area contributed by atoms with Crippen LogP contribution in [0, 0.1) is 5.92 Å². The molecule has 1 heterocycles. The van der Waals surface area contributed by atoms with Crippen LogP contribution < -0.4 is 5.84 Å². The van der Waals surface area contributed by atoms with Crippen molar-refractivity contribution in [3.63, 3.8) is 0 Å². The predicted molar refractivity (Wildman–Crippen MR) is 58.1 cm³/mol. The number of nitrogens with two attached hydrogens (primary N) is 1. The fourth-order valence-electron chi connectivity index (χ4n) is 1.51. The van der Waals surface area contributed by atoms with Gasteiger partial charge >= 0.3 is 6.03 Å². The highest BCUT2D eigenvalue weighted by atomic mass is 16.5. The van der Waals surface area contributed by atoms with Gasteiger partial charge in [-0.2, -0.15) is 0 Å². The highest BCUT2D eigenvalue weighted by Gasteiger charge is 2.22. The minimum Gasteiger partial charge on any atom is -0.379 e. The lowest BCUT2D eigenvalue weighted by Crippen LogP contribution is -2.53. The number of carbonyl (C=O) groups excluding carboxylic acids is 1. The highest BCUT2D eigenvalue weighted by molar-refractivity contribution is 5.74. The van der Waals surface area contributed by atoms with Crippen molar-refractivity contribution in [1.82, 2.24) is 9.91 Å². The first-order valence-corrected chi connectivity index (χ1v) is 5.50. The average molecular weight is 215 g/mol. The molecule has 5 heteroatoms. The molecule has 88 valence electrons. The number of ether oxygens (including phenoxy) is 1. The van der Waals surface area contributed by atoms with Gasteiger partial charge in [0.1, 0.15) is 0 Å². The van der Waals surface area contributed by atoms with E-state index in [1.54, 1.807) is 4.90 Å². The first kappa shape index (κ1) is 12.3. The van der Waals surface area contributed by atoms with Crippen molar-refractivity contribution in [2.45, 2.75) is 20.3 Å². The maximum Gasteiger partial charge on any atom is 0.334 e. The summed E-state index contributed by atoms with van der Waals surface area (Å²) in [4.78, 5) is 13.3. The fraction of sp³-hybridized carbons (Fsp3) is 0.900. The van der Waals surface area contributed by atoms with Crippen LogP contribution in [0.3, 0.4) is 0 Å². The van der Waals surface area contributed by atoms with Gasteiger partial charge in [0.2, 0.25) is 0 Å². The van der Waals surface area contributed by atoms with Crippen molar-refractivity contribution >= 4 is 6.03 Å². The summed E-state index contributed by atoms with van der Waals surface area (Å²) in [6, 6.07) is -0.0885. The first-order valence-electron chi connectivity index (χ1n) is 5.50. The Kier molecular flexibility index (Phi) is 4.84. The Morgan fingerprint density at radius 1 is 1.47 bits per heavy atom. The summed E-state index contributed by atoms with van der Waals surface area (Å²) in [6.45, 7) is 7.63. The SMILES string of the molecule is CC(C)COCCN1CCCN(N)C1=O. The second-order valence-corrected chi connectivity index (χ2v) is 4.29. The van der Waals surface area contributed by atoms with Crippen molar-refractivity contribution < 1.29 is 9.53 Å². The summed E-state index contributed by atoms with van der Waals surface area (Å²) in [5.74, 6) is 6.06. The van der Waals surface area contributed by atoms with Gasteiger partial charge in [-0.3, -0.25) is 5.01 Å². The van der Waals surface area contributed by atoms with Crippen LogP contribution in [0.1, 0.15) is 20.3 Å². The Bertz CT molecular complexity index is 209. The number of nitrogens with zero attached hydrogens (tertiary/aromatic N) is 2. The van der Waals surface area contributed by atoms with Crippen LogP contribution in [0.25, 0.3) is 0 Å². The van der Waals surface area contributed by atoms with Crippen LogP contribution in [-0.2, 0) is 4.74 Å². The lowest BCUT2D eigenvalue weighted by atomic mass is 10.2. The third-order valence-electron chi connectivity index (χ3n) is 2.30. The molecule has 0 atom stereocenters. The van der Waals surface area contributed by atoms with Crippen LogP contribution in [-0.4, -0.2) is 48.8 Å². The molecule has 0 aliphatic carbocycles. The van der Waals surface area contributed by atoms with Crippen molar-refractivity contribution in [3.8, 4) is 0 Å². The molecule has 15 heavy (non-hydrogen) atoms.